The van der Waals surface area contributed by atoms with E-state index in [1.807, 2.05) is 6.92 Å². The van der Waals surface area contributed by atoms with Gasteiger partial charge in [0.1, 0.15) is 0 Å². The van der Waals surface area contributed by atoms with Crippen LogP contribution < -0.4 is 10.0 Å². The van der Waals surface area contributed by atoms with Gasteiger partial charge < -0.3 is 5.32 Å². The van der Waals surface area contributed by atoms with Crippen LogP contribution in [0.2, 0.25) is 5.02 Å². The maximum Gasteiger partial charge on any atom is 0.236 e. The average molecular weight is 356 g/mol. The maximum absolute atomic E-state index is 12.1. The van der Waals surface area contributed by atoms with E-state index in [0.717, 1.165) is 6.54 Å². The molecule has 1 rings (SSSR count). The zero-order valence-corrected chi connectivity index (χ0v) is 13.4. The van der Waals surface area contributed by atoms with Gasteiger partial charge >= 0.3 is 0 Å². The first kappa shape index (κ1) is 15.8. The van der Waals surface area contributed by atoms with Gasteiger partial charge in [0.25, 0.3) is 0 Å². The number of rotatable bonds is 6. The lowest BCUT2D eigenvalue weighted by Gasteiger charge is -2.16. The predicted octanol–water partition coefficient (Wildman–Crippen LogP) is 2.84. The molecular formula is C11H16BrClN2O2S. The first-order valence-electron chi connectivity index (χ1n) is 5.54. The summed E-state index contributed by atoms with van der Waals surface area (Å²) >= 11 is 9.12. The Labute approximate surface area is 121 Å². The monoisotopic (exact) mass is 354 g/mol. The van der Waals surface area contributed by atoms with Crippen molar-refractivity contribution in [3.63, 3.8) is 0 Å². The molecule has 1 unspecified atom stereocenters. The second kappa shape index (κ2) is 6.75. The fourth-order valence-corrected chi connectivity index (χ4v) is 2.95. The van der Waals surface area contributed by atoms with E-state index < -0.39 is 15.3 Å². The summed E-state index contributed by atoms with van der Waals surface area (Å²) < 4.78 is 27.3. The summed E-state index contributed by atoms with van der Waals surface area (Å²) in [6.07, 6.45) is 0. The smallest absolute Gasteiger partial charge is 0.236 e. The van der Waals surface area contributed by atoms with Crippen LogP contribution in [0, 0.1) is 0 Å². The number of halogens is 2. The van der Waals surface area contributed by atoms with Crippen molar-refractivity contribution in [2.45, 2.75) is 19.1 Å². The van der Waals surface area contributed by atoms with Gasteiger partial charge in [0.15, 0.2) is 0 Å². The SMILES string of the molecule is CCNCC(C)S(=O)(=O)Nc1cc(Cl)ccc1Br. The molecule has 0 spiro atoms. The van der Waals surface area contributed by atoms with Gasteiger partial charge in [0, 0.05) is 16.0 Å². The van der Waals surface area contributed by atoms with Crippen LogP contribution in [0.4, 0.5) is 5.69 Å². The van der Waals surface area contributed by atoms with Crippen molar-refractivity contribution in [1.29, 1.82) is 0 Å². The van der Waals surface area contributed by atoms with E-state index in [1.54, 1.807) is 25.1 Å². The second-order valence-corrected chi connectivity index (χ2v) is 7.28. The van der Waals surface area contributed by atoms with Crippen LogP contribution in [0.3, 0.4) is 0 Å². The molecule has 0 aliphatic rings. The molecule has 0 aliphatic carbocycles. The lowest BCUT2D eigenvalue weighted by Crippen LogP contribution is -2.34. The fourth-order valence-electron chi connectivity index (χ4n) is 1.29. The molecule has 2 N–H and O–H groups in total. The van der Waals surface area contributed by atoms with Crippen LogP contribution >= 0.6 is 27.5 Å². The molecule has 0 radical (unpaired) electrons. The summed E-state index contributed by atoms with van der Waals surface area (Å²) in [7, 11) is -3.43. The van der Waals surface area contributed by atoms with E-state index in [2.05, 4.69) is 26.0 Å². The van der Waals surface area contributed by atoms with E-state index in [0.29, 0.717) is 21.7 Å². The third-order valence-electron chi connectivity index (χ3n) is 2.39. The molecule has 18 heavy (non-hydrogen) atoms. The van der Waals surface area contributed by atoms with Crippen LogP contribution in [0.15, 0.2) is 22.7 Å². The van der Waals surface area contributed by atoms with E-state index in [9.17, 15) is 8.42 Å². The highest BCUT2D eigenvalue weighted by molar-refractivity contribution is 9.10. The van der Waals surface area contributed by atoms with Crippen molar-refractivity contribution in [2.24, 2.45) is 0 Å². The van der Waals surface area contributed by atoms with E-state index in [1.165, 1.54) is 0 Å². The van der Waals surface area contributed by atoms with Gasteiger partial charge in [-0.25, -0.2) is 8.42 Å². The van der Waals surface area contributed by atoms with Crippen LogP contribution in [-0.4, -0.2) is 26.8 Å². The fraction of sp³-hybridized carbons (Fsp3) is 0.455. The maximum atomic E-state index is 12.1. The normalized spacial score (nSPS) is 13.3. The minimum atomic E-state index is -3.43. The summed E-state index contributed by atoms with van der Waals surface area (Å²) in [6, 6.07) is 4.96. The van der Waals surface area contributed by atoms with Gasteiger partial charge in [0.05, 0.1) is 10.9 Å². The van der Waals surface area contributed by atoms with Gasteiger partial charge in [-0.2, -0.15) is 0 Å². The van der Waals surface area contributed by atoms with Crippen molar-refractivity contribution in [2.75, 3.05) is 17.8 Å². The van der Waals surface area contributed by atoms with Gasteiger partial charge in [-0.3, -0.25) is 4.72 Å². The molecule has 0 aliphatic heterocycles. The van der Waals surface area contributed by atoms with E-state index in [4.69, 9.17) is 11.6 Å². The molecule has 102 valence electrons. The number of nitrogens with one attached hydrogen (secondary N) is 2. The highest BCUT2D eigenvalue weighted by Gasteiger charge is 2.21. The second-order valence-electron chi connectivity index (χ2n) is 3.89. The Bertz CT molecular complexity index is 508. The number of anilines is 1. The molecule has 1 aromatic carbocycles. The van der Waals surface area contributed by atoms with Gasteiger partial charge in [-0.15, -0.1) is 0 Å². The Hall–Kier alpha value is -0.300. The highest BCUT2D eigenvalue weighted by Crippen LogP contribution is 2.27. The quantitative estimate of drug-likeness (QED) is 0.825. The van der Waals surface area contributed by atoms with Crippen molar-refractivity contribution >= 4 is 43.2 Å². The molecular weight excluding hydrogens is 340 g/mol. The zero-order valence-electron chi connectivity index (χ0n) is 10.2. The largest absolute Gasteiger partial charge is 0.316 e. The summed E-state index contributed by atoms with van der Waals surface area (Å²) in [5.74, 6) is 0. The standard InChI is InChI=1S/C11H16BrClN2O2S/c1-3-14-7-8(2)18(16,17)15-11-6-9(13)4-5-10(11)12/h4-6,8,14-15H,3,7H2,1-2H3. The third kappa shape index (κ3) is 4.42. The number of benzene rings is 1. The Morgan fingerprint density at radius 2 is 2.11 bits per heavy atom. The Morgan fingerprint density at radius 3 is 2.72 bits per heavy atom. The van der Waals surface area contributed by atoms with Gasteiger partial charge in [0.2, 0.25) is 10.0 Å². The molecule has 0 aromatic heterocycles. The summed E-state index contributed by atoms with van der Waals surface area (Å²) in [5, 5.41) is 2.97. The first-order chi connectivity index (χ1) is 8.36. The topological polar surface area (TPSA) is 58.2 Å². The molecule has 0 saturated carbocycles. The lowest BCUT2D eigenvalue weighted by atomic mass is 10.3. The van der Waals surface area contributed by atoms with Crippen LogP contribution in [0.5, 0.6) is 0 Å². The molecule has 0 bridgehead atoms. The van der Waals surface area contributed by atoms with Crippen molar-refractivity contribution in [1.82, 2.24) is 5.32 Å². The Kier molecular flexibility index (Phi) is 5.91. The van der Waals surface area contributed by atoms with Crippen molar-refractivity contribution in [3.8, 4) is 0 Å². The number of sulfonamides is 1. The molecule has 0 fully saturated rings. The number of hydrogen-bond acceptors (Lipinski definition) is 3. The van der Waals surface area contributed by atoms with E-state index >= 15 is 0 Å². The molecule has 1 aromatic rings. The molecule has 1 atom stereocenters. The van der Waals surface area contributed by atoms with Gasteiger partial charge in [-0.1, -0.05) is 18.5 Å². The number of hydrogen-bond donors (Lipinski definition) is 2. The van der Waals surface area contributed by atoms with Crippen LogP contribution in [0.1, 0.15) is 13.8 Å². The molecule has 7 heteroatoms. The van der Waals surface area contributed by atoms with Gasteiger partial charge in [-0.05, 0) is 47.6 Å². The summed E-state index contributed by atoms with van der Waals surface area (Å²) in [6.45, 7) is 4.73. The summed E-state index contributed by atoms with van der Waals surface area (Å²) in [4.78, 5) is 0. The summed E-state index contributed by atoms with van der Waals surface area (Å²) in [5.41, 5.74) is 0.450. The molecule has 0 heterocycles. The minimum absolute atomic E-state index is 0.407. The Morgan fingerprint density at radius 1 is 1.44 bits per heavy atom. The Balaban J connectivity index is 2.85. The molecule has 0 amide bonds. The van der Waals surface area contributed by atoms with Crippen LogP contribution in [-0.2, 0) is 10.0 Å². The van der Waals surface area contributed by atoms with Crippen molar-refractivity contribution in [3.05, 3.63) is 27.7 Å². The highest BCUT2D eigenvalue weighted by atomic mass is 79.9. The first-order valence-corrected chi connectivity index (χ1v) is 8.26. The molecule has 4 nitrogen and oxygen atoms in total. The minimum Gasteiger partial charge on any atom is -0.316 e. The molecule has 0 saturated heterocycles. The van der Waals surface area contributed by atoms with Crippen molar-refractivity contribution < 1.29 is 8.42 Å². The average Bonchev–Trinajstić information content (AvgIpc) is 2.30. The van der Waals surface area contributed by atoms with E-state index in [-0.39, 0.29) is 0 Å². The van der Waals surface area contributed by atoms with Crippen LogP contribution in [0.25, 0.3) is 0 Å². The lowest BCUT2D eigenvalue weighted by molar-refractivity contribution is 0.579. The third-order valence-corrected chi connectivity index (χ3v) is 5.05. The zero-order chi connectivity index (χ0) is 13.8. The predicted molar refractivity (Wildman–Crippen MR) is 79.7 cm³/mol.